The van der Waals surface area contributed by atoms with Gasteiger partial charge in [-0.05, 0) is 48.9 Å². The molecule has 1 aliphatic heterocycles. The lowest BCUT2D eigenvalue weighted by Crippen LogP contribution is -2.29. The van der Waals surface area contributed by atoms with Gasteiger partial charge in [-0.25, -0.2) is 4.90 Å². The van der Waals surface area contributed by atoms with Crippen LogP contribution in [0.15, 0.2) is 66.7 Å². The van der Waals surface area contributed by atoms with E-state index in [-0.39, 0.29) is 17.4 Å². The molecule has 0 fully saturated rings. The van der Waals surface area contributed by atoms with E-state index in [1.54, 1.807) is 24.3 Å². The number of amides is 3. The number of nitrogens with one attached hydrogen (secondary N) is 1. The van der Waals surface area contributed by atoms with E-state index in [1.807, 2.05) is 62.3 Å². The Morgan fingerprint density at radius 2 is 1.53 bits per heavy atom. The summed E-state index contributed by atoms with van der Waals surface area (Å²) in [5, 5.41) is 2.89. The summed E-state index contributed by atoms with van der Waals surface area (Å²) in [7, 11) is 3.79. The predicted molar refractivity (Wildman–Crippen MR) is 117 cm³/mol. The van der Waals surface area contributed by atoms with Crippen molar-refractivity contribution in [2.24, 2.45) is 0 Å². The van der Waals surface area contributed by atoms with Gasteiger partial charge in [0.05, 0.1) is 28.2 Å². The first kappa shape index (κ1) is 19.4. The third-order valence-corrected chi connectivity index (χ3v) is 5.14. The first-order valence-electron chi connectivity index (χ1n) is 9.54. The number of carbonyl (C=O) groups is 3. The van der Waals surface area contributed by atoms with Crippen LogP contribution in [-0.4, -0.2) is 31.8 Å². The van der Waals surface area contributed by atoms with Gasteiger partial charge in [0.2, 0.25) is 0 Å². The summed E-state index contributed by atoms with van der Waals surface area (Å²) >= 11 is 0. The van der Waals surface area contributed by atoms with Gasteiger partial charge >= 0.3 is 0 Å². The zero-order chi connectivity index (χ0) is 21.4. The fraction of sp³-hybridized carbons (Fsp3) is 0.125. The lowest BCUT2D eigenvalue weighted by Gasteiger charge is -2.17. The second-order valence-corrected chi connectivity index (χ2v) is 7.36. The molecule has 0 unspecified atom stereocenters. The Balaban J connectivity index is 1.65. The van der Waals surface area contributed by atoms with Crippen LogP contribution in [0.1, 0.15) is 36.6 Å². The molecule has 150 valence electrons. The second kappa shape index (κ2) is 7.48. The number of hydrogen-bond donors (Lipinski definition) is 1. The quantitative estimate of drug-likeness (QED) is 0.670. The highest BCUT2D eigenvalue weighted by Crippen LogP contribution is 2.31. The molecule has 3 aromatic carbocycles. The van der Waals surface area contributed by atoms with Gasteiger partial charge in [0.15, 0.2) is 0 Å². The minimum absolute atomic E-state index is 0.233. The first-order chi connectivity index (χ1) is 14.4. The van der Waals surface area contributed by atoms with Gasteiger partial charge in [-0.15, -0.1) is 0 Å². The molecule has 0 radical (unpaired) electrons. The first-order valence-corrected chi connectivity index (χ1v) is 9.54. The molecular formula is C24H21N3O3. The summed E-state index contributed by atoms with van der Waals surface area (Å²) in [5.74, 6) is -1.15. The minimum Gasteiger partial charge on any atom is -0.376 e. The van der Waals surface area contributed by atoms with Crippen LogP contribution in [0.5, 0.6) is 0 Å². The third-order valence-electron chi connectivity index (χ3n) is 5.14. The molecule has 0 spiro atoms. The van der Waals surface area contributed by atoms with Crippen molar-refractivity contribution < 1.29 is 14.4 Å². The van der Waals surface area contributed by atoms with Crippen LogP contribution in [0.25, 0.3) is 0 Å². The number of anilines is 3. The maximum atomic E-state index is 13.0. The van der Waals surface area contributed by atoms with Crippen molar-refractivity contribution in [3.8, 4) is 0 Å². The Morgan fingerprint density at radius 3 is 2.27 bits per heavy atom. The van der Waals surface area contributed by atoms with Crippen molar-refractivity contribution >= 4 is 34.8 Å². The molecule has 6 heteroatoms. The van der Waals surface area contributed by atoms with E-state index in [2.05, 4.69) is 5.32 Å². The van der Waals surface area contributed by atoms with Crippen LogP contribution < -0.4 is 15.1 Å². The number of nitrogens with zero attached hydrogens (tertiary/aromatic N) is 2. The number of rotatable bonds is 4. The lowest BCUT2D eigenvalue weighted by atomic mass is 10.1. The maximum Gasteiger partial charge on any atom is 0.266 e. The molecule has 3 aromatic rings. The molecule has 0 saturated heterocycles. The van der Waals surface area contributed by atoms with Gasteiger partial charge in [-0.1, -0.05) is 30.3 Å². The predicted octanol–water partition coefficient (Wildman–Crippen LogP) is 4.11. The molecule has 4 rings (SSSR count). The molecule has 3 amide bonds. The average Bonchev–Trinajstić information content (AvgIpc) is 2.98. The summed E-state index contributed by atoms with van der Waals surface area (Å²) in [4.78, 5) is 41.8. The monoisotopic (exact) mass is 399 g/mol. The molecule has 1 aliphatic rings. The standard InChI is InChI=1S/C24H21N3O3/c1-15-8-4-6-10-20(15)27-23(29)17-13-12-16(14-18(17)24(27)30)22(28)25-19-9-5-7-11-21(19)26(2)3/h4-14H,1-3H3,(H,25,28). The molecule has 0 aliphatic carbocycles. The highest BCUT2D eigenvalue weighted by Gasteiger charge is 2.37. The topological polar surface area (TPSA) is 69.7 Å². The van der Waals surface area contributed by atoms with E-state index >= 15 is 0 Å². The van der Waals surface area contributed by atoms with E-state index in [4.69, 9.17) is 0 Å². The Hall–Kier alpha value is -3.93. The Labute approximate surface area is 174 Å². The highest BCUT2D eigenvalue weighted by atomic mass is 16.2. The number of aryl methyl sites for hydroxylation is 1. The van der Waals surface area contributed by atoms with E-state index in [1.165, 1.54) is 11.0 Å². The summed E-state index contributed by atoms with van der Waals surface area (Å²) < 4.78 is 0. The molecule has 1 N–H and O–H groups in total. The van der Waals surface area contributed by atoms with E-state index in [0.717, 1.165) is 11.3 Å². The summed E-state index contributed by atoms with van der Waals surface area (Å²) in [6.45, 7) is 1.85. The molecular weight excluding hydrogens is 378 g/mol. The van der Waals surface area contributed by atoms with E-state index in [9.17, 15) is 14.4 Å². The van der Waals surface area contributed by atoms with Crippen LogP contribution in [0.3, 0.4) is 0 Å². The molecule has 0 aromatic heterocycles. The van der Waals surface area contributed by atoms with Crippen LogP contribution in [-0.2, 0) is 0 Å². The van der Waals surface area contributed by atoms with Crippen molar-refractivity contribution in [2.75, 3.05) is 29.2 Å². The Morgan fingerprint density at radius 1 is 0.867 bits per heavy atom. The van der Waals surface area contributed by atoms with Crippen molar-refractivity contribution in [3.63, 3.8) is 0 Å². The molecule has 1 heterocycles. The van der Waals surface area contributed by atoms with Crippen molar-refractivity contribution in [1.82, 2.24) is 0 Å². The summed E-state index contributed by atoms with van der Waals surface area (Å²) in [6.07, 6.45) is 0. The summed E-state index contributed by atoms with van der Waals surface area (Å²) in [6, 6.07) is 19.3. The van der Waals surface area contributed by atoms with E-state index < -0.39 is 5.91 Å². The molecule has 6 nitrogen and oxygen atoms in total. The number of para-hydroxylation sites is 3. The van der Waals surface area contributed by atoms with Crippen molar-refractivity contribution in [1.29, 1.82) is 0 Å². The highest BCUT2D eigenvalue weighted by molar-refractivity contribution is 6.35. The van der Waals surface area contributed by atoms with Gasteiger partial charge in [-0.2, -0.15) is 0 Å². The van der Waals surface area contributed by atoms with Crippen LogP contribution >= 0.6 is 0 Å². The van der Waals surface area contributed by atoms with E-state index in [0.29, 0.717) is 22.5 Å². The smallest absolute Gasteiger partial charge is 0.266 e. The lowest BCUT2D eigenvalue weighted by molar-refractivity contribution is 0.0925. The second-order valence-electron chi connectivity index (χ2n) is 7.36. The number of benzene rings is 3. The Bertz CT molecular complexity index is 1180. The van der Waals surface area contributed by atoms with Crippen molar-refractivity contribution in [2.45, 2.75) is 6.92 Å². The zero-order valence-corrected chi connectivity index (χ0v) is 17.0. The molecule has 30 heavy (non-hydrogen) atoms. The fourth-order valence-electron chi connectivity index (χ4n) is 3.58. The molecule has 0 atom stereocenters. The molecule has 0 bridgehead atoms. The normalized spacial score (nSPS) is 12.7. The van der Waals surface area contributed by atoms with Gasteiger partial charge in [0.1, 0.15) is 0 Å². The number of hydrogen-bond acceptors (Lipinski definition) is 4. The number of imide groups is 1. The average molecular weight is 399 g/mol. The third kappa shape index (κ3) is 3.22. The SMILES string of the molecule is Cc1ccccc1N1C(=O)c2ccc(C(=O)Nc3ccccc3N(C)C)cc2C1=O. The largest absolute Gasteiger partial charge is 0.376 e. The van der Waals surface area contributed by atoms with Gasteiger partial charge in [0.25, 0.3) is 17.7 Å². The zero-order valence-electron chi connectivity index (χ0n) is 17.0. The van der Waals surface area contributed by atoms with Crippen LogP contribution in [0, 0.1) is 6.92 Å². The number of carbonyl (C=O) groups excluding carboxylic acids is 3. The Kier molecular flexibility index (Phi) is 4.83. The number of fused-ring (bicyclic) bond motifs is 1. The van der Waals surface area contributed by atoms with Gasteiger partial charge in [0, 0.05) is 19.7 Å². The van der Waals surface area contributed by atoms with Crippen molar-refractivity contribution in [3.05, 3.63) is 89.0 Å². The summed E-state index contributed by atoms with van der Waals surface area (Å²) in [5.41, 5.74) is 3.75. The van der Waals surface area contributed by atoms with Crippen LogP contribution in [0.2, 0.25) is 0 Å². The minimum atomic E-state index is -0.423. The van der Waals surface area contributed by atoms with Crippen LogP contribution in [0.4, 0.5) is 17.1 Å². The molecule has 0 saturated carbocycles. The maximum absolute atomic E-state index is 13.0. The fourth-order valence-corrected chi connectivity index (χ4v) is 3.58. The van der Waals surface area contributed by atoms with Gasteiger partial charge < -0.3 is 10.2 Å². The van der Waals surface area contributed by atoms with Gasteiger partial charge in [-0.3, -0.25) is 14.4 Å².